The first kappa shape index (κ1) is 14.8. The Morgan fingerprint density at radius 3 is 1.93 bits per heavy atom. The van der Waals surface area contributed by atoms with Crippen molar-refractivity contribution in [3.8, 4) is 0 Å². The van der Waals surface area contributed by atoms with Gasteiger partial charge in [0, 0.05) is 0 Å². The van der Waals surface area contributed by atoms with Crippen molar-refractivity contribution >= 4 is 17.6 Å². The van der Waals surface area contributed by atoms with Crippen LogP contribution in [0.5, 0.6) is 0 Å². The molecule has 0 radical (unpaired) electrons. The molecule has 3 heteroatoms. The maximum Gasteiger partial charge on any atom is 0.324 e. The molecule has 0 spiro atoms. The summed E-state index contributed by atoms with van der Waals surface area (Å²) in [6.45, 7) is 6.21. The van der Waals surface area contributed by atoms with Crippen molar-refractivity contribution in [2.75, 3.05) is 0 Å². The van der Waals surface area contributed by atoms with Crippen molar-refractivity contribution in [2.24, 2.45) is 0 Å². The van der Waals surface area contributed by atoms with E-state index in [1.54, 1.807) is 0 Å². The lowest BCUT2D eigenvalue weighted by molar-refractivity contribution is -0.149. The molecule has 0 aliphatic rings. The summed E-state index contributed by atoms with van der Waals surface area (Å²) in [5, 5.41) is -0.466. The zero-order valence-corrected chi connectivity index (χ0v) is 10.8. The zero-order chi connectivity index (χ0) is 11.7. The highest BCUT2D eigenvalue weighted by Gasteiger charge is 2.19. The first-order valence-corrected chi connectivity index (χ1v) is 6.43. The van der Waals surface area contributed by atoms with Crippen molar-refractivity contribution in [3.63, 3.8) is 0 Å². The van der Waals surface area contributed by atoms with Crippen molar-refractivity contribution in [1.82, 2.24) is 0 Å². The van der Waals surface area contributed by atoms with E-state index in [1.165, 1.54) is 0 Å². The van der Waals surface area contributed by atoms with Crippen molar-refractivity contribution < 1.29 is 9.53 Å². The number of alkyl halides is 1. The number of halogens is 1. The molecular weight excluding hydrogens is 212 g/mol. The van der Waals surface area contributed by atoms with Gasteiger partial charge in [-0.1, -0.05) is 40.0 Å². The highest BCUT2D eigenvalue weighted by Crippen LogP contribution is 2.14. The summed E-state index contributed by atoms with van der Waals surface area (Å²) in [6, 6.07) is 0. The lowest BCUT2D eigenvalue weighted by Crippen LogP contribution is -2.24. The fourth-order valence-electron chi connectivity index (χ4n) is 1.52. The molecule has 0 aliphatic carbocycles. The predicted octanol–water partition coefficient (Wildman–Crippen LogP) is 3.91. The molecule has 0 aromatic carbocycles. The van der Waals surface area contributed by atoms with E-state index in [9.17, 15) is 4.79 Å². The molecule has 0 aromatic rings. The number of hydrogen-bond donors (Lipinski definition) is 0. The van der Waals surface area contributed by atoms with Crippen LogP contribution in [0.4, 0.5) is 0 Å². The Kier molecular flexibility index (Phi) is 8.88. The van der Waals surface area contributed by atoms with E-state index >= 15 is 0 Å². The lowest BCUT2D eigenvalue weighted by atomic mass is 10.1. The Labute approximate surface area is 98.3 Å². The average Bonchev–Trinajstić information content (AvgIpc) is 2.18. The molecule has 0 aliphatic heterocycles. The fourth-order valence-corrected chi connectivity index (χ4v) is 1.79. The summed E-state index contributed by atoms with van der Waals surface area (Å²) in [4.78, 5) is 11.5. The SMILES string of the molecule is CCCC(CCC)OC(=O)C(Cl)CCC. The van der Waals surface area contributed by atoms with Crippen molar-refractivity contribution in [2.45, 2.75) is 70.8 Å². The first-order valence-electron chi connectivity index (χ1n) is 6.00. The molecule has 1 atom stereocenters. The summed E-state index contributed by atoms with van der Waals surface area (Å²) in [7, 11) is 0. The third kappa shape index (κ3) is 6.77. The summed E-state index contributed by atoms with van der Waals surface area (Å²) < 4.78 is 5.37. The van der Waals surface area contributed by atoms with Gasteiger partial charge in [-0.15, -0.1) is 11.6 Å². The molecule has 0 saturated heterocycles. The number of ether oxygens (including phenoxy) is 1. The standard InChI is InChI=1S/C12H23ClO2/c1-4-7-10(8-5-2)15-12(14)11(13)9-6-3/h10-11H,4-9H2,1-3H3. The molecule has 0 N–H and O–H groups in total. The van der Waals surface area contributed by atoms with Gasteiger partial charge in [0.15, 0.2) is 0 Å². The minimum Gasteiger partial charge on any atom is -0.461 e. The first-order chi connectivity index (χ1) is 7.15. The fraction of sp³-hybridized carbons (Fsp3) is 0.917. The molecule has 0 heterocycles. The third-order valence-corrected chi connectivity index (χ3v) is 2.70. The van der Waals surface area contributed by atoms with Gasteiger partial charge in [-0.2, -0.15) is 0 Å². The van der Waals surface area contributed by atoms with Gasteiger partial charge in [-0.05, 0) is 19.3 Å². The van der Waals surface area contributed by atoms with E-state index in [1.807, 2.05) is 6.92 Å². The van der Waals surface area contributed by atoms with Gasteiger partial charge in [0.2, 0.25) is 0 Å². The van der Waals surface area contributed by atoms with E-state index < -0.39 is 5.38 Å². The second kappa shape index (κ2) is 9.02. The Bertz CT molecular complexity index is 165. The van der Waals surface area contributed by atoms with Gasteiger partial charge in [-0.25, -0.2) is 0 Å². The average molecular weight is 235 g/mol. The van der Waals surface area contributed by atoms with Crippen LogP contribution in [0.2, 0.25) is 0 Å². The molecule has 90 valence electrons. The topological polar surface area (TPSA) is 26.3 Å². The molecule has 2 nitrogen and oxygen atoms in total. The van der Waals surface area contributed by atoms with Gasteiger partial charge in [0.25, 0.3) is 0 Å². The quantitative estimate of drug-likeness (QED) is 0.470. The van der Waals surface area contributed by atoms with Crippen LogP contribution >= 0.6 is 11.6 Å². The van der Waals surface area contributed by atoms with Gasteiger partial charge >= 0.3 is 5.97 Å². The minimum absolute atomic E-state index is 0.0607. The monoisotopic (exact) mass is 234 g/mol. The number of hydrogen-bond acceptors (Lipinski definition) is 2. The van der Waals surface area contributed by atoms with E-state index in [4.69, 9.17) is 16.3 Å². The molecule has 0 amide bonds. The van der Waals surface area contributed by atoms with Crippen molar-refractivity contribution in [1.29, 1.82) is 0 Å². The Morgan fingerprint density at radius 1 is 1.07 bits per heavy atom. The molecule has 0 saturated carbocycles. The van der Waals surface area contributed by atoms with Gasteiger partial charge in [-0.3, -0.25) is 4.79 Å². The number of esters is 1. The van der Waals surface area contributed by atoms with Crippen LogP contribution in [0.25, 0.3) is 0 Å². The molecule has 0 rings (SSSR count). The zero-order valence-electron chi connectivity index (χ0n) is 10.1. The van der Waals surface area contributed by atoms with E-state index in [-0.39, 0.29) is 12.1 Å². The van der Waals surface area contributed by atoms with Crippen LogP contribution in [0, 0.1) is 0 Å². The second-order valence-corrected chi connectivity index (χ2v) is 4.42. The van der Waals surface area contributed by atoms with Gasteiger partial charge in [0.1, 0.15) is 11.5 Å². The minimum atomic E-state index is -0.466. The second-order valence-electron chi connectivity index (χ2n) is 3.89. The molecule has 0 bridgehead atoms. The summed E-state index contributed by atoms with van der Waals surface area (Å²) in [5.74, 6) is -0.245. The molecule has 0 aromatic heterocycles. The summed E-state index contributed by atoms with van der Waals surface area (Å²) >= 11 is 5.90. The maximum absolute atomic E-state index is 11.5. The Balaban J connectivity index is 3.97. The van der Waals surface area contributed by atoms with Crippen LogP contribution in [0.15, 0.2) is 0 Å². The molecule has 15 heavy (non-hydrogen) atoms. The number of rotatable bonds is 8. The lowest BCUT2D eigenvalue weighted by Gasteiger charge is -2.18. The summed E-state index contributed by atoms with van der Waals surface area (Å²) in [6.07, 6.45) is 5.63. The summed E-state index contributed by atoms with van der Waals surface area (Å²) in [5.41, 5.74) is 0. The van der Waals surface area contributed by atoms with Gasteiger partial charge in [0.05, 0.1) is 0 Å². The highest BCUT2D eigenvalue weighted by molar-refractivity contribution is 6.29. The van der Waals surface area contributed by atoms with Crippen LogP contribution in [0.1, 0.15) is 59.3 Å². The highest BCUT2D eigenvalue weighted by atomic mass is 35.5. The van der Waals surface area contributed by atoms with E-state index in [0.29, 0.717) is 6.42 Å². The van der Waals surface area contributed by atoms with Crippen LogP contribution < -0.4 is 0 Å². The molecule has 1 unspecified atom stereocenters. The normalized spacial score (nSPS) is 12.9. The smallest absolute Gasteiger partial charge is 0.324 e. The third-order valence-electron chi connectivity index (χ3n) is 2.30. The maximum atomic E-state index is 11.5. The number of carbonyl (C=O) groups excluding carboxylic acids is 1. The molecule has 0 fully saturated rings. The van der Waals surface area contributed by atoms with Crippen molar-refractivity contribution in [3.05, 3.63) is 0 Å². The van der Waals surface area contributed by atoms with E-state index in [2.05, 4.69) is 13.8 Å². The van der Waals surface area contributed by atoms with Crippen LogP contribution in [0.3, 0.4) is 0 Å². The predicted molar refractivity (Wildman–Crippen MR) is 64.2 cm³/mol. The largest absolute Gasteiger partial charge is 0.461 e. The molecular formula is C12H23ClO2. The van der Waals surface area contributed by atoms with Gasteiger partial charge < -0.3 is 4.74 Å². The van der Waals surface area contributed by atoms with Crippen LogP contribution in [-0.4, -0.2) is 17.5 Å². The Hall–Kier alpha value is -0.240. The van der Waals surface area contributed by atoms with Crippen LogP contribution in [-0.2, 0) is 9.53 Å². The Morgan fingerprint density at radius 2 is 1.53 bits per heavy atom. The van der Waals surface area contributed by atoms with E-state index in [0.717, 1.165) is 32.1 Å². The number of carbonyl (C=O) groups is 1.